The number of halogens is 1. The molecule has 1 amide bonds. The molecule has 1 aromatic carbocycles. The lowest BCUT2D eigenvalue weighted by atomic mass is 9.92. The van der Waals surface area contributed by atoms with Crippen molar-refractivity contribution < 1.29 is 9.18 Å². The van der Waals surface area contributed by atoms with Crippen LogP contribution in [0.2, 0.25) is 0 Å². The van der Waals surface area contributed by atoms with Gasteiger partial charge in [-0.15, -0.1) is 0 Å². The second kappa shape index (κ2) is 6.99. The van der Waals surface area contributed by atoms with Gasteiger partial charge in [-0.25, -0.2) is 14.4 Å². The van der Waals surface area contributed by atoms with E-state index in [1.165, 1.54) is 23.5 Å². The fraction of sp³-hybridized carbons (Fsp3) is 0.316. The van der Waals surface area contributed by atoms with Crippen LogP contribution in [-0.4, -0.2) is 33.9 Å². The van der Waals surface area contributed by atoms with E-state index in [-0.39, 0.29) is 11.7 Å². The van der Waals surface area contributed by atoms with Gasteiger partial charge in [0.25, 0.3) is 0 Å². The van der Waals surface area contributed by atoms with Gasteiger partial charge in [0.15, 0.2) is 10.8 Å². The Morgan fingerprint density at radius 1 is 1.15 bits per heavy atom. The molecule has 26 heavy (non-hydrogen) atoms. The van der Waals surface area contributed by atoms with E-state index >= 15 is 0 Å². The van der Waals surface area contributed by atoms with Crippen molar-refractivity contribution in [3.05, 3.63) is 53.5 Å². The number of rotatable bonds is 3. The molecular weight excluding hydrogens is 351 g/mol. The van der Waals surface area contributed by atoms with Gasteiger partial charge < -0.3 is 10.6 Å². The molecule has 7 heteroatoms. The second-order valence-corrected chi connectivity index (χ2v) is 7.63. The molecule has 1 fully saturated rings. The van der Waals surface area contributed by atoms with Crippen molar-refractivity contribution in [3.8, 4) is 0 Å². The first-order chi connectivity index (χ1) is 12.6. The van der Waals surface area contributed by atoms with Crippen molar-refractivity contribution >= 4 is 32.7 Å². The van der Waals surface area contributed by atoms with Gasteiger partial charge in [0.05, 0.1) is 11.1 Å². The summed E-state index contributed by atoms with van der Waals surface area (Å²) in [5.74, 6) is 0.135. The number of nitrogens with zero attached hydrogens (tertiary/aromatic N) is 3. The summed E-state index contributed by atoms with van der Waals surface area (Å²) in [4.78, 5) is 23.3. The summed E-state index contributed by atoms with van der Waals surface area (Å²) < 4.78 is 14.0. The van der Waals surface area contributed by atoms with Crippen LogP contribution in [0.3, 0.4) is 0 Å². The number of fused-ring (bicyclic) bond motifs is 1. The first kappa shape index (κ1) is 16.9. The van der Waals surface area contributed by atoms with Crippen molar-refractivity contribution in [1.29, 1.82) is 0 Å². The van der Waals surface area contributed by atoms with Crippen LogP contribution in [0.15, 0.2) is 36.4 Å². The summed E-state index contributed by atoms with van der Waals surface area (Å²) in [6.07, 6.45) is 2.08. The number of aromatic nitrogens is 2. The quantitative estimate of drug-likeness (QED) is 0.767. The van der Waals surface area contributed by atoms with Gasteiger partial charge in [-0.1, -0.05) is 23.5 Å². The molecule has 4 rings (SSSR count). The van der Waals surface area contributed by atoms with Crippen molar-refractivity contribution in [2.75, 3.05) is 18.8 Å². The minimum absolute atomic E-state index is 0.0887. The highest BCUT2D eigenvalue weighted by molar-refractivity contribution is 7.21. The zero-order valence-electron chi connectivity index (χ0n) is 14.2. The highest BCUT2D eigenvalue weighted by Crippen LogP contribution is 2.30. The maximum absolute atomic E-state index is 13.0. The van der Waals surface area contributed by atoms with Crippen LogP contribution in [0, 0.1) is 5.82 Å². The number of amides is 1. The number of carbonyl (C=O) groups is 1. The van der Waals surface area contributed by atoms with Crippen molar-refractivity contribution in [2.24, 2.45) is 0 Å². The monoisotopic (exact) mass is 370 g/mol. The zero-order chi connectivity index (χ0) is 18.1. The maximum atomic E-state index is 13.0. The van der Waals surface area contributed by atoms with Gasteiger partial charge in [-0.05, 0) is 42.7 Å². The lowest BCUT2D eigenvalue weighted by Gasteiger charge is -2.31. The number of hydrogen-bond acceptors (Lipinski definition) is 5. The van der Waals surface area contributed by atoms with Gasteiger partial charge in [0.1, 0.15) is 5.82 Å². The van der Waals surface area contributed by atoms with Crippen molar-refractivity contribution in [2.45, 2.75) is 25.2 Å². The molecule has 1 aliphatic heterocycles. The van der Waals surface area contributed by atoms with Crippen LogP contribution in [0.25, 0.3) is 10.3 Å². The Balaban J connectivity index is 1.38. The molecule has 0 unspecified atom stereocenters. The van der Waals surface area contributed by atoms with Crippen molar-refractivity contribution in [3.63, 3.8) is 0 Å². The SMILES string of the molecule is Nc1nc2nc(C3CCN(C(=O)Cc4ccc(F)cc4)CC3)ccc2s1. The molecule has 134 valence electrons. The van der Waals surface area contributed by atoms with E-state index in [0.29, 0.717) is 36.2 Å². The Morgan fingerprint density at radius 2 is 1.88 bits per heavy atom. The largest absolute Gasteiger partial charge is 0.375 e. The van der Waals surface area contributed by atoms with Crippen molar-refractivity contribution in [1.82, 2.24) is 14.9 Å². The lowest BCUT2D eigenvalue weighted by molar-refractivity contribution is -0.131. The Morgan fingerprint density at radius 3 is 2.62 bits per heavy atom. The molecule has 5 nitrogen and oxygen atoms in total. The average molecular weight is 370 g/mol. The van der Waals surface area contributed by atoms with E-state index in [1.807, 2.05) is 17.0 Å². The molecule has 0 radical (unpaired) electrons. The van der Waals surface area contributed by atoms with Gasteiger partial charge in [0, 0.05) is 24.7 Å². The van der Waals surface area contributed by atoms with Crippen LogP contribution in [0.4, 0.5) is 9.52 Å². The molecule has 2 aromatic heterocycles. The van der Waals surface area contributed by atoms with Gasteiger partial charge in [-0.3, -0.25) is 4.79 Å². The van der Waals surface area contributed by atoms with E-state index in [1.54, 1.807) is 12.1 Å². The third-order valence-electron chi connectivity index (χ3n) is 4.83. The lowest BCUT2D eigenvalue weighted by Crippen LogP contribution is -2.38. The number of nitrogen functional groups attached to an aromatic ring is 1. The third kappa shape index (κ3) is 3.53. The predicted octanol–water partition coefficient (Wildman–Crippen LogP) is 3.36. The summed E-state index contributed by atoms with van der Waals surface area (Å²) in [6, 6.07) is 10.2. The van der Waals surface area contributed by atoms with Crippen LogP contribution in [-0.2, 0) is 11.2 Å². The minimum Gasteiger partial charge on any atom is -0.375 e. The van der Waals surface area contributed by atoms with Gasteiger partial charge in [-0.2, -0.15) is 0 Å². The molecule has 3 heterocycles. The first-order valence-corrected chi connectivity index (χ1v) is 9.45. The van der Waals surface area contributed by atoms with Crippen LogP contribution in [0.1, 0.15) is 30.0 Å². The topological polar surface area (TPSA) is 72.1 Å². The van der Waals surface area contributed by atoms with Gasteiger partial charge in [0.2, 0.25) is 5.91 Å². The molecule has 0 bridgehead atoms. The van der Waals surface area contributed by atoms with E-state index in [2.05, 4.69) is 9.97 Å². The number of thiazole rings is 1. The molecule has 0 spiro atoms. The Labute approximate surface area is 154 Å². The highest BCUT2D eigenvalue weighted by atomic mass is 32.1. The summed E-state index contributed by atoms with van der Waals surface area (Å²) in [5.41, 5.74) is 8.31. The summed E-state index contributed by atoms with van der Waals surface area (Å²) in [6.45, 7) is 1.42. The minimum atomic E-state index is -0.284. The van der Waals surface area contributed by atoms with E-state index in [4.69, 9.17) is 5.73 Å². The number of nitrogens with two attached hydrogens (primary N) is 1. The number of hydrogen-bond donors (Lipinski definition) is 1. The first-order valence-electron chi connectivity index (χ1n) is 8.63. The predicted molar refractivity (Wildman–Crippen MR) is 100 cm³/mol. The smallest absolute Gasteiger partial charge is 0.226 e. The standard InChI is InChI=1S/C19H19FN4OS/c20-14-3-1-12(2-4-14)11-17(25)24-9-7-13(8-10-24)15-5-6-16-18(22-15)23-19(21)26-16/h1-6,13H,7-11H2,(H2,21,22,23). The molecule has 0 saturated carbocycles. The number of carbonyl (C=O) groups excluding carboxylic acids is 1. The zero-order valence-corrected chi connectivity index (χ0v) is 15.0. The number of likely N-dealkylation sites (tertiary alicyclic amines) is 1. The molecule has 2 N–H and O–H groups in total. The number of anilines is 1. The fourth-order valence-corrected chi connectivity index (χ4v) is 4.07. The summed E-state index contributed by atoms with van der Waals surface area (Å²) in [5, 5.41) is 0.533. The molecule has 0 atom stereocenters. The van der Waals surface area contributed by atoms with E-state index in [0.717, 1.165) is 28.8 Å². The van der Waals surface area contributed by atoms with Crippen LogP contribution in [0.5, 0.6) is 0 Å². The Bertz CT molecular complexity index is 932. The van der Waals surface area contributed by atoms with Gasteiger partial charge >= 0.3 is 0 Å². The van der Waals surface area contributed by atoms with Crippen LogP contribution >= 0.6 is 11.3 Å². The normalized spacial score (nSPS) is 15.5. The summed E-state index contributed by atoms with van der Waals surface area (Å²) in [7, 11) is 0. The average Bonchev–Trinajstić information content (AvgIpc) is 3.03. The Kier molecular flexibility index (Phi) is 4.55. The Hall–Kier alpha value is -2.54. The molecule has 1 saturated heterocycles. The van der Waals surface area contributed by atoms with E-state index in [9.17, 15) is 9.18 Å². The number of piperidine rings is 1. The fourth-order valence-electron chi connectivity index (χ4n) is 3.39. The second-order valence-electron chi connectivity index (χ2n) is 6.57. The van der Waals surface area contributed by atoms with E-state index < -0.39 is 0 Å². The summed E-state index contributed by atoms with van der Waals surface area (Å²) >= 11 is 1.44. The number of benzene rings is 1. The molecular formula is C19H19FN4OS. The third-order valence-corrected chi connectivity index (χ3v) is 5.67. The molecule has 3 aromatic rings. The molecule has 0 aliphatic carbocycles. The highest BCUT2D eigenvalue weighted by Gasteiger charge is 2.25. The number of pyridine rings is 1. The maximum Gasteiger partial charge on any atom is 0.226 e. The van der Waals surface area contributed by atoms with Crippen LogP contribution < -0.4 is 5.73 Å². The molecule has 1 aliphatic rings.